The van der Waals surface area contributed by atoms with Crippen molar-refractivity contribution in [3.05, 3.63) is 0 Å². The van der Waals surface area contributed by atoms with Crippen molar-refractivity contribution < 1.29 is 23.5 Å². The third-order valence-corrected chi connectivity index (χ3v) is 4.54. The summed E-state index contributed by atoms with van der Waals surface area (Å²) in [5.74, 6) is 0.228. The van der Waals surface area contributed by atoms with Crippen LogP contribution in [0.5, 0.6) is 0 Å². The molecule has 2 aliphatic rings. The molecule has 1 saturated heterocycles. The summed E-state index contributed by atoms with van der Waals surface area (Å²) in [6, 6.07) is -0.134. The van der Waals surface area contributed by atoms with Crippen LogP contribution in [0.3, 0.4) is 0 Å². The molecule has 21 heavy (non-hydrogen) atoms. The Balaban J connectivity index is 1.67. The number of nitrogens with zero attached hydrogens (tertiary/aromatic N) is 1. The summed E-state index contributed by atoms with van der Waals surface area (Å²) in [7, 11) is 1.41. The van der Waals surface area contributed by atoms with Crippen LogP contribution < -0.4 is 0 Å². The molecule has 2 atom stereocenters. The van der Waals surface area contributed by atoms with Crippen LogP contribution in [0.1, 0.15) is 38.5 Å². The molecule has 0 radical (unpaired) electrons. The average Bonchev–Trinajstić information content (AvgIpc) is 2.86. The van der Waals surface area contributed by atoms with Crippen LogP contribution in [0, 0.1) is 5.92 Å². The van der Waals surface area contributed by atoms with Crippen molar-refractivity contribution in [1.82, 2.24) is 4.90 Å². The maximum atomic E-state index is 13.3. The minimum Gasteiger partial charge on any atom is -0.469 e. The monoisotopic (exact) mass is 301 g/mol. The van der Waals surface area contributed by atoms with Crippen LogP contribution >= 0.6 is 0 Å². The van der Waals surface area contributed by atoms with Crippen LogP contribution in [0.15, 0.2) is 0 Å². The first-order valence-electron chi connectivity index (χ1n) is 7.66. The summed E-state index contributed by atoms with van der Waals surface area (Å²) < 4.78 is 23.8. The van der Waals surface area contributed by atoms with Gasteiger partial charge in [-0.1, -0.05) is 0 Å². The largest absolute Gasteiger partial charge is 0.469 e. The lowest BCUT2D eigenvalue weighted by Crippen LogP contribution is -2.34. The summed E-state index contributed by atoms with van der Waals surface area (Å²) in [5, 5.41) is 0. The molecule has 2 rings (SSSR count). The molecule has 2 unspecified atom stereocenters. The number of halogens is 1. The minimum atomic E-state index is -0.931. The number of amides is 1. The van der Waals surface area contributed by atoms with E-state index in [2.05, 4.69) is 4.74 Å². The molecule has 0 N–H and O–H groups in total. The van der Waals surface area contributed by atoms with Gasteiger partial charge in [0.15, 0.2) is 0 Å². The predicted molar refractivity (Wildman–Crippen MR) is 74.4 cm³/mol. The zero-order chi connectivity index (χ0) is 15.2. The van der Waals surface area contributed by atoms with E-state index in [9.17, 15) is 14.0 Å². The Labute approximate surface area is 124 Å². The number of methoxy groups -OCH3 is 1. The Morgan fingerprint density at radius 1 is 1.33 bits per heavy atom. The zero-order valence-electron chi connectivity index (χ0n) is 12.5. The molecule has 0 aromatic rings. The van der Waals surface area contributed by atoms with Crippen LogP contribution in [0.25, 0.3) is 0 Å². The highest BCUT2D eigenvalue weighted by Gasteiger charge is 2.32. The minimum absolute atomic E-state index is 0.134. The van der Waals surface area contributed by atoms with Gasteiger partial charge in [0.05, 0.1) is 32.4 Å². The fraction of sp³-hybridized carbons (Fsp3) is 0.867. The molecule has 2 fully saturated rings. The number of rotatable bonds is 6. The van der Waals surface area contributed by atoms with E-state index in [0.29, 0.717) is 31.8 Å². The Kier molecular flexibility index (Phi) is 5.96. The molecule has 1 aliphatic heterocycles. The molecule has 1 amide bonds. The summed E-state index contributed by atoms with van der Waals surface area (Å²) in [5.41, 5.74) is 0. The van der Waals surface area contributed by atoms with Crippen LogP contribution in [0.4, 0.5) is 4.39 Å². The maximum Gasteiger partial charge on any atom is 0.305 e. The highest BCUT2D eigenvalue weighted by Crippen LogP contribution is 2.29. The zero-order valence-corrected chi connectivity index (χ0v) is 12.5. The second-order valence-electron chi connectivity index (χ2n) is 6.05. The second-order valence-corrected chi connectivity index (χ2v) is 6.05. The van der Waals surface area contributed by atoms with Crippen LogP contribution in [0.2, 0.25) is 0 Å². The molecule has 120 valence electrons. The topological polar surface area (TPSA) is 55.8 Å². The summed E-state index contributed by atoms with van der Waals surface area (Å²) in [4.78, 5) is 23.6. The van der Waals surface area contributed by atoms with Crippen LogP contribution in [-0.2, 0) is 19.1 Å². The first-order chi connectivity index (χ1) is 10.1. The van der Waals surface area contributed by atoms with Gasteiger partial charge in [0.25, 0.3) is 0 Å². The number of esters is 1. The van der Waals surface area contributed by atoms with Gasteiger partial charge in [-0.15, -0.1) is 0 Å². The molecule has 1 aliphatic carbocycles. The van der Waals surface area contributed by atoms with E-state index in [-0.39, 0.29) is 24.7 Å². The number of carbonyl (C=O) groups is 2. The first-order valence-corrected chi connectivity index (χ1v) is 7.66. The van der Waals surface area contributed by atoms with Crippen molar-refractivity contribution in [2.45, 2.75) is 56.8 Å². The summed E-state index contributed by atoms with van der Waals surface area (Å²) in [6.45, 7) is 0.592. The van der Waals surface area contributed by atoms with E-state index >= 15 is 0 Å². The summed E-state index contributed by atoms with van der Waals surface area (Å²) in [6.07, 6.45) is 4.51. The summed E-state index contributed by atoms with van der Waals surface area (Å²) >= 11 is 0. The third-order valence-electron chi connectivity index (χ3n) is 4.54. The van der Waals surface area contributed by atoms with Gasteiger partial charge in [-0.05, 0) is 31.6 Å². The number of ether oxygens (including phenoxy) is 2. The quantitative estimate of drug-likeness (QED) is 0.553. The molecule has 0 aromatic heterocycles. The van der Waals surface area contributed by atoms with E-state index < -0.39 is 6.17 Å². The van der Waals surface area contributed by atoms with Gasteiger partial charge in [0.2, 0.25) is 6.41 Å². The van der Waals surface area contributed by atoms with E-state index in [4.69, 9.17) is 4.74 Å². The fourth-order valence-electron chi connectivity index (χ4n) is 3.24. The number of hydrogen-bond donors (Lipinski definition) is 0. The van der Waals surface area contributed by atoms with Crippen molar-refractivity contribution in [2.75, 3.05) is 20.3 Å². The molecular weight excluding hydrogens is 277 g/mol. The molecule has 5 nitrogen and oxygen atoms in total. The molecule has 1 heterocycles. The van der Waals surface area contributed by atoms with E-state index in [1.54, 1.807) is 0 Å². The van der Waals surface area contributed by atoms with Crippen molar-refractivity contribution in [3.63, 3.8) is 0 Å². The third kappa shape index (κ3) is 4.66. The SMILES string of the molecule is COC(=O)CC1CCC(OCC2CC(F)CN2C=O)CC1. The highest BCUT2D eigenvalue weighted by atomic mass is 19.1. The van der Waals surface area contributed by atoms with Crippen LogP contribution in [-0.4, -0.2) is 55.9 Å². The highest BCUT2D eigenvalue weighted by molar-refractivity contribution is 5.69. The van der Waals surface area contributed by atoms with Crippen molar-refractivity contribution in [2.24, 2.45) is 5.92 Å². The predicted octanol–water partition coefficient (Wildman–Crippen LogP) is 1.69. The van der Waals surface area contributed by atoms with E-state index in [1.807, 2.05) is 0 Å². The van der Waals surface area contributed by atoms with Crippen molar-refractivity contribution in [1.29, 1.82) is 0 Å². The lowest BCUT2D eigenvalue weighted by Gasteiger charge is -2.29. The van der Waals surface area contributed by atoms with E-state index in [1.165, 1.54) is 12.0 Å². The van der Waals surface area contributed by atoms with Crippen molar-refractivity contribution in [3.8, 4) is 0 Å². The van der Waals surface area contributed by atoms with Gasteiger partial charge < -0.3 is 14.4 Å². The maximum absolute atomic E-state index is 13.3. The number of alkyl halides is 1. The smallest absolute Gasteiger partial charge is 0.305 e. The van der Waals surface area contributed by atoms with Gasteiger partial charge in [-0.3, -0.25) is 9.59 Å². The van der Waals surface area contributed by atoms with Gasteiger partial charge in [0.1, 0.15) is 6.17 Å². The van der Waals surface area contributed by atoms with Crippen molar-refractivity contribution >= 4 is 12.4 Å². The lowest BCUT2D eigenvalue weighted by atomic mass is 9.85. The van der Waals surface area contributed by atoms with Gasteiger partial charge in [0, 0.05) is 12.8 Å². The average molecular weight is 301 g/mol. The number of carbonyl (C=O) groups excluding carboxylic acids is 2. The molecular formula is C15H24FNO4. The molecule has 1 saturated carbocycles. The molecule has 0 aromatic carbocycles. The van der Waals surface area contributed by atoms with Gasteiger partial charge in [-0.2, -0.15) is 0 Å². The second kappa shape index (κ2) is 7.73. The van der Waals surface area contributed by atoms with Gasteiger partial charge in [-0.25, -0.2) is 4.39 Å². The molecule has 6 heteroatoms. The number of likely N-dealkylation sites (tertiary alicyclic amines) is 1. The Bertz CT molecular complexity index is 358. The Hall–Kier alpha value is -1.17. The normalized spacial score (nSPS) is 33.0. The number of hydrogen-bond acceptors (Lipinski definition) is 4. The lowest BCUT2D eigenvalue weighted by molar-refractivity contribution is -0.142. The molecule has 0 bridgehead atoms. The fourth-order valence-corrected chi connectivity index (χ4v) is 3.24. The Morgan fingerprint density at radius 2 is 2.05 bits per heavy atom. The molecule has 0 spiro atoms. The standard InChI is InChI=1S/C15H24FNO4/c1-20-15(19)6-11-2-4-14(5-3-11)21-9-13-7-12(16)8-17(13)10-18/h10-14H,2-9H2,1H3. The first kappa shape index (κ1) is 16.2. The van der Waals surface area contributed by atoms with E-state index in [0.717, 1.165) is 25.7 Å². The van der Waals surface area contributed by atoms with Gasteiger partial charge >= 0.3 is 5.97 Å². The Morgan fingerprint density at radius 3 is 2.67 bits per heavy atom.